The van der Waals surface area contributed by atoms with Gasteiger partial charge in [0.05, 0.1) is 0 Å². The summed E-state index contributed by atoms with van der Waals surface area (Å²) < 4.78 is 3.64. The van der Waals surface area contributed by atoms with Crippen LogP contribution < -0.4 is 5.32 Å². The van der Waals surface area contributed by atoms with Crippen LogP contribution in [0.3, 0.4) is 0 Å². The highest BCUT2D eigenvalue weighted by molar-refractivity contribution is 7.03. The Balaban J connectivity index is 2.33. The lowest BCUT2D eigenvalue weighted by molar-refractivity contribution is 0.0941. The van der Waals surface area contributed by atoms with Crippen LogP contribution in [0.5, 0.6) is 0 Å². The van der Waals surface area contributed by atoms with Crippen molar-refractivity contribution in [3.05, 3.63) is 11.1 Å². The summed E-state index contributed by atoms with van der Waals surface area (Å²) in [5, 5.41) is 8.16. The highest BCUT2D eigenvalue weighted by atomic mass is 35.5. The summed E-state index contributed by atoms with van der Waals surface area (Å²) in [6, 6.07) is 0. The molecule has 0 spiro atoms. The minimum absolute atomic E-state index is 0.156. The normalized spacial score (nSPS) is 12.4. The molecule has 0 aromatic carbocycles. The van der Waals surface area contributed by atoms with Gasteiger partial charge >= 0.3 is 0 Å². The molecule has 0 bridgehead atoms. The minimum Gasteiger partial charge on any atom is -0.350 e. The first-order chi connectivity index (χ1) is 7.27. The number of nitrogens with zero attached hydrogens (tertiary/aromatic N) is 2. The quantitative estimate of drug-likeness (QED) is 0.782. The molecule has 0 saturated carbocycles. The molecular formula is C9H14ClN3OS. The van der Waals surface area contributed by atoms with Gasteiger partial charge in [-0.05, 0) is 23.9 Å². The van der Waals surface area contributed by atoms with Crippen molar-refractivity contribution in [2.75, 3.05) is 12.4 Å². The lowest BCUT2D eigenvalue weighted by atomic mass is 10.0. The maximum atomic E-state index is 11.5. The Labute approximate surface area is 98.2 Å². The zero-order chi connectivity index (χ0) is 11.1. The van der Waals surface area contributed by atoms with Crippen LogP contribution >= 0.6 is 23.1 Å². The van der Waals surface area contributed by atoms with E-state index in [-0.39, 0.29) is 5.91 Å². The van der Waals surface area contributed by atoms with Gasteiger partial charge in [-0.2, -0.15) is 0 Å². The molecule has 0 radical (unpaired) electrons. The Hall–Kier alpha value is -0.680. The van der Waals surface area contributed by atoms with Gasteiger partial charge < -0.3 is 5.32 Å². The van der Waals surface area contributed by atoms with Crippen molar-refractivity contribution in [3.63, 3.8) is 0 Å². The van der Waals surface area contributed by atoms with Crippen molar-refractivity contribution in [1.29, 1.82) is 0 Å². The van der Waals surface area contributed by atoms with Crippen molar-refractivity contribution in [2.24, 2.45) is 5.92 Å². The molecule has 0 aliphatic heterocycles. The zero-order valence-corrected chi connectivity index (χ0v) is 10.1. The molecule has 1 heterocycles. The van der Waals surface area contributed by atoms with Gasteiger partial charge in [-0.1, -0.05) is 17.8 Å². The number of carbonyl (C=O) groups is 1. The monoisotopic (exact) mass is 247 g/mol. The molecule has 6 heteroatoms. The van der Waals surface area contributed by atoms with Gasteiger partial charge in [0.2, 0.25) is 0 Å². The molecule has 0 aliphatic rings. The van der Waals surface area contributed by atoms with E-state index in [0.717, 1.165) is 12.8 Å². The van der Waals surface area contributed by atoms with E-state index in [1.54, 1.807) is 5.38 Å². The third-order valence-electron chi connectivity index (χ3n) is 2.24. The Morgan fingerprint density at radius 1 is 1.73 bits per heavy atom. The van der Waals surface area contributed by atoms with Gasteiger partial charge in [-0.15, -0.1) is 16.7 Å². The van der Waals surface area contributed by atoms with Gasteiger partial charge in [0.1, 0.15) is 0 Å². The predicted octanol–water partition coefficient (Wildman–Crippen LogP) is 1.92. The fourth-order valence-corrected chi connectivity index (χ4v) is 1.94. The van der Waals surface area contributed by atoms with Gasteiger partial charge in [0.15, 0.2) is 5.69 Å². The van der Waals surface area contributed by atoms with E-state index in [0.29, 0.717) is 24.0 Å². The van der Waals surface area contributed by atoms with Crippen molar-refractivity contribution in [2.45, 2.75) is 19.8 Å². The predicted molar refractivity (Wildman–Crippen MR) is 61.4 cm³/mol. The van der Waals surface area contributed by atoms with Crippen molar-refractivity contribution in [3.8, 4) is 0 Å². The zero-order valence-electron chi connectivity index (χ0n) is 8.57. The highest BCUT2D eigenvalue weighted by Crippen LogP contribution is 2.08. The number of halogens is 1. The summed E-state index contributed by atoms with van der Waals surface area (Å²) >= 11 is 6.83. The van der Waals surface area contributed by atoms with Crippen molar-refractivity contribution >= 4 is 29.0 Å². The fourth-order valence-electron chi connectivity index (χ4n) is 1.20. The van der Waals surface area contributed by atoms with Gasteiger partial charge in [-0.25, -0.2) is 0 Å². The van der Waals surface area contributed by atoms with E-state index < -0.39 is 0 Å². The number of hydrogen-bond donors (Lipinski definition) is 1. The molecule has 1 aromatic heterocycles. The highest BCUT2D eigenvalue weighted by Gasteiger charge is 2.11. The third-order valence-corrected chi connectivity index (χ3v) is 2.96. The molecule has 1 atom stereocenters. The van der Waals surface area contributed by atoms with Gasteiger partial charge in [-0.3, -0.25) is 4.79 Å². The molecule has 0 saturated heterocycles. The first kappa shape index (κ1) is 12.4. The molecular weight excluding hydrogens is 234 g/mol. The first-order valence-corrected chi connectivity index (χ1v) is 6.26. The van der Waals surface area contributed by atoms with Crippen molar-refractivity contribution < 1.29 is 4.79 Å². The largest absolute Gasteiger partial charge is 0.350 e. The maximum absolute atomic E-state index is 11.5. The Kier molecular flexibility index (Phi) is 5.57. The molecule has 1 aromatic rings. The summed E-state index contributed by atoms with van der Waals surface area (Å²) in [5.41, 5.74) is 0.390. The fraction of sp³-hybridized carbons (Fsp3) is 0.667. The van der Waals surface area contributed by atoms with Gasteiger partial charge in [0, 0.05) is 17.8 Å². The van der Waals surface area contributed by atoms with E-state index >= 15 is 0 Å². The van der Waals surface area contributed by atoms with E-state index in [9.17, 15) is 4.79 Å². The molecule has 1 unspecified atom stereocenters. The molecule has 15 heavy (non-hydrogen) atoms. The van der Waals surface area contributed by atoms with Crippen LogP contribution in [-0.2, 0) is 0 Å². The van der Waals surface area contributed by atoms with Gasteiger partial charge in [0.25, 0.3) is 5.91 Å². The number of nitrogens with one attached hydrogen (secondary N) is 1. The maximum Gasteiger partial charge on any atom is 0.272 e. The van der Waals surface area contributed by atoms with E-state index in [1.807, 2.05) is 0 Å². The van der Waals surface area contributed by atoms with E-state index in [2.05, 4.69) is 21.8 Å². The van der Waals surface area contributed by atoms with Crippen LogP contribution in [0.1, 0.15) is 30.3 Å². The van der Waals surface area contributed by atoms with E-state index in [1.165, 1.54) is 11.5 Å². The topological polar surface area (TPSA) is 54.9 Å². The van der Waals surface area contributed by atoms with E-state index in [4.69, 9.17) is 11.6 Å². The van der Waals surface area contributed by atoms with Crippen LogP contribution in [0.15, 0.2) is 5.38 Å². The lowest BCUT2D eigenvalue weighted by Crippen LogP contribution is -2.29. The molecule has 0 aliphatic carbocycles. The summed E-state index contributed by atoms with van der Waals surface area (Å²) in [6.07, 6.45) is 1.94. The number of amides is 1. The molecule has 1 amide bonds. The summed E-state index contributed by atoms with van der Waals surface area (Å²) in [5.74, 6) is 0.918. The second-order valence-electron chi connectivity index (χ2n) is 3.25. The molecule has 4 nitrogen and oxygen atoms in total. The first-order valence-electron chi connectivity index (χ1n) is 4.89. The number of rotatable bonds is 6. The van der Waals surface area contributed by atoms with Crippen LogP contribution in [0.25, 0.3) is 0 Å². The number of carbonyl (C=O) groups excluding carboxylic acids is 1. The SMILES string of the molecule is CCC(CCCl)CNC(=O)c1csnn1. The second-order valence-corrected chi connectivity index (χ2v) is 4.24. The molecule has 1 rings (SSSR count). The average molecular weight is 248 g/mol. The molecule has 1 N–H and O–H groups in total. The van der Waals surface area contributed by atoms with Crippen LogP contribution in [0, 0.1) is 5.92 Å². The standard InChI is InChI=1S/C9H14ClN3OS/c1-2-7(3-4-10)5-11-9(14)8-6-15-13-12-8/h6-7H,2-5H2,1H3,(H,11,14). The van der Waals surface area contributed by atoms with Crippen LogP contribution in [0.4, 0.5) is 0 Å². The smallest absolute Gasteiger partial charge is 0.272 e. The second kappa shape index (κ2) is 6.74. The molecule has 84 valence electrons. The van der Waals surface area contributed by atoms with Crippen molar-refractivity contribution in [1.82, 2.24) is 14.9 Å². The Morgan fingerprint density at radius 2 is 2.53 bits per heavy atom. The van der Waals surface area contributed by atoms with Crippen LogP contribution in [0.2, 0.25) is 0 Å². The summed E-state index contributed by atoms with van der Waals surface area (Å²) in [4.78, 5) is 11.5. The van der Waals surface area contributed by atoms with Crippen LogP contribution in [-0.4, -0.2) is 27.9 Å². The average Bonchev–Trinajstić information content (AvgIpc) is 2.77. The summed E-state index contributed by atoms with van der Waals surface area (Å²) in [7, 11) is 0. The lowest BCUT2D eigenvalue weighted by Gasteiger charge is -2.13. The Morgan fingerprint density at radius 3 is 3.07 bits per heavy atom. The number of hydrogen-bond acceptors (Lipinski definition) is 4. The number of alkyl halides is 1. The third kappa shape index (κ3) is 4.13. The minimum atomic E-state index is -0.156. The Bertz CT molecular complexity index is 292. The summed E-state index contributed by atoms with van der Waals surface area (Å²) in [6.45, 7) is 2.74. The molecule has 0 fully saturated rings. The number of aromatic nitrogens is 2.